The third-order valence-corrected chi connectivity index (χ3v) is 5.39. The summed E-state index contributed by atoms with van der Waals surface area (Å²) in [6, 6.07) is 6.98. The smallest absolute Gasteiger partial charge is 0.226 e. The zero-order valence-corrected chi connectivity index (χ0v) is 16.3. The van der Waals surface area contributed by atoms with Crippen LogP contribution < -0.4 is 14.8 Å². The maximum Gasteiger partial charge on any atom is 0.226 e. The quantitative estimate of drug-likeness (QED) is 0.861. The molecule has 0 spiro atoms. The highest BCUT2D eigenvalue weighted by molar-refractivity contribution is 5.85. The third-order valence-electron chi connectivity index (χ3n) is 5.39. The topological polar surface area (TPSA) is 59.8 Å². The summed E-state index contributed by atoms with van der Waals surface area (Å²) in [5, 5.41) is 3.52. The van der Waals surface area contributed by atoms with E-state index in [0.29, 0.717) is 29.5 Å². The van der Waals surface area contributed by atoms with Crippen molar-refractivity contribution in [2.24, 2.45) is 0 Å². The molecular weight excluding hydrogens is 354 g/mol. The number of nitrogens with one attached hydrogen (secondary N) is 1. The van der Waals surface area contributed by atoms with Crippen LogP contribution in [0.4, 0.5) is 0 Å². The Labute approximate surface area is 160 Å². The molecule has 2 bridgehead atoms. The van der Waals surface area contributed by atoms with Crippen LogP contribution >= 0.6 is 12.4 Å². The molecular formula is C19H26ClN3O3. The number of rotatable bonds is 5. The van der Waals surface area contributed by atoms with E-state index in [-0.39, 0.29) is 12.4 Å². The molecule has 4 rings (SSSR count). The van der Waals surface area contributed by atoms with Gasteiger partial charge in [0.15, 0.2) is 11.5 Å². The Bertz CT molecular complexity index is 748. The molecule has 0 unspecified atom stereocenters. The first kappa shape index (κ1) is 19.0. The van der Waals surface area contributed by atoms with Gasteiger partial charge < -0.3 is 19.2 Å². The van der Waals surface area contributed by atoms with Crippen LogP contribution in [0.3, 0.4) is 0 Å². The van der Waals surface area contributed by atoms with Crippen molar-refractivity contribution in [1.29, 1.82) is 0 Å². The average molecular weight is 380 g/mol. The van der Waals surface area contributed by atoms with Crippen molar-refractivity contribution in [3.8, 4) is 23.0 Å². The summed E-state index contributed by atoms with van der Waals surface area (Å²) in [7, 11) is 3.26. The summed E-state index contributed by atoms with van der Waals surface area (Å²) in [6.07, 6.45) is 2.55. The van der Waals surface area contributed by atoms with Gasteiger partial charge in [-0.15, -0.1) is 12.4 Å². The van der Waals surface area contributed by atoms with Gasteiger partial charge >= 0.3 is 0 Å². The van der Waals surface area contributed by atoms with Crippen molar-refractivity contribution in [2.75, 3.05) is 27.3 Å². The lowest BCUT2D eigenvalue weighted by atomic mass is 10.2. The molecule has 0 amide bonds. The fourth-order valence-corrected chi connectivity index (χ4v) is 3.97. The second-order valence-corrected chi connectivity index (χ2v) is 6.81. The molecule has 3 heterocycles. The van der Waals surface area contributed by atoms with Gasteiger partial charge in [0.1, 0.15) is 5.76 Å². The van der Waals surface area contributed by atoms with Crippen molar-refractivity contribution in [1.82, 2.24) is 15.2 Å². The highest BCUT2D eigenvalue weighted by Crippen LogP contribution is 2.34. The van der Waals surface area contributed by atoms with Crippen molar-refractivity contribution in [3.05, 3.63) is 29.7 Å². The molecule has 0 saturated carbocycles. The molecule has 2 aromatic rings. The van der Waals surface area contributed by atoms with Gasteiger partial charge in [0, 0.05) is 37.3 Å². The molecule has 2 aliphatic heterocycles. The van der Waals surface area contributed by atoms with Gasteiger partial charge in [-0.25, -0.2) is 4.98 Å². The summed E-state index contributed by atoms with van der Waals surface area (Å²) >= 11 is 0. The number of hydrogen-bond donors (Lipinski definition) is 1. The second-order valence-electron chi connectivity index (χ2n) is 6.81. The van der Waals surface area contributed by atoms with Gasteiger partial charge in [-0.05, 0) is 38.0 Å². The number of oxazole rings is 1. The first-order valence-corrected chi connectivity index (χ1v) is 8.84. The molecule has 1 aromatic heterocycles. The molecule has 26 heavy (non-hydrogen) atoms. The summed E-state index contributed by atoms with van der Waals surface area (Å²) in [5.74, 6) is 2.91. The molecule has 0 radical (unpaired) electrons. The highest BCUT2D eigenvalue weighted by Gasteiger charge is 2.37. The zero-order valence-electron chi connectivity index (χ0n) is 15.4. The monoisotopic (exact) mass is 379 g/mol. The van der Waals surface area contributed by atoms with Crippen molar-refractivity contribution < 1.29 is 13.9 Å². The van der Waals surface area contributed by atoms with E-state index in [9.17, 15) is 0 Å². The van der Waals surface area contributed by atoms with E-state index in [2.05, 4.69) is 10.2 Å². The number of nitrogens with zero attached hydrogens (tertiary/aromatic N) is 2. The van der Waals surface area contributed by atoms with E-state index < -0.39 is 0 Å². The molecule has 2 saturated heterocycles. The van der Waals surface area contributed by atoms with Crippen LogP contribution in [0.15, 0.2) is 22.6 Å². The molecule has 2 atom stereocenters. The van der Waals surface area contributed by atoms with E-state index in [1.165, 1.54) is 12.8 Å². The lowest BCUT2D eigenvalue weighted by Crippen LogP contribution is -2.51. The Morgan fingerprint density at radius 3 is 2.50 bits per heavy atom. The normalized spacial score (nSPS) is 22.1. The molecule has 1 N–H and O–H groups in total. The fraction of sp³-hybridized carbons (Fsp3) is 0.526. The van der Waals surface area contributed by atoms with Gasteiger partial charge in [-0.1, -0.05) is 0 Å². The Morgan fingerprint density at radius 2 is 1.85 bits per heavy atom. The first-order valence-electron chi connectivity index (χ1n) is 8.84. The van der Waals surface area contributed by atoms with Crippen LogP contribution in [0.2, 0.25) is 0 Å². The number of halogens is 1. The van der Waals surface area contributed by atoms with Gasteiger partial charge in [-0.2, -0.15) is 0 Å². The van der Waals surface area contributed by atoms with E-state index >= 15 is 0 Å². The van der Waals surface area contributed by atoms with Gasteiger partial charge in [0.25, 0.3) is 0 Å². The van der Waals surface area contributed by atoms with Gasteiger partial charge in [0.05, 0.1) is 19.9 Å². The second kappa shape index (κ2) is 7.86. The number of aromatic nitrogens is 1. The predicted octanol–water partition coefficient (Wildman–Crippen LogP) is 3.03. The summed E-state index contributed by atoms with van der Waals surface area (Å²) in [6.45, 7) is 5.02. The maximum atomic E-state index is 5.96. The largest absolute Gasteiger partial charge is 0.493 e. The number of fused-ring (bicyclic) bond motifs is 2. The summed E-state index contributed by atoms with van der Waals surface area (Å²) in [5.41, 5.74) is 1.93. The molecule has 142 valence electrons. The van der Waals surface area contributed by atoms with Crippen LogP contribution in [0.5, 0.6) is 11.5 Å². The maximum absolute atomic E-state index is 5.96. The number of methoxy groups -OCH3 is 2. The Kier molecular flexibility index (Phi) is 5.75. The van der Waals surface area contributed by atoms with E-state index in [4.69, 9.17) is 18.9 Å². The Balaban J connectivity index is 0.00000196. The summed E-state index contributed by atoms with van der Waals surface area (Å²) in [4.78, 5) is 7.36. The highest BCUT2D eigenvalue weighted by atomic mass is 35.5. The SMILES string of the molecule is COc1ccc(-c2nc(CN3[C@@H]4CC[C@H]3CNC4)c(C)o2)cc1OC.Cl. The van der Waals surface area contributed by atoms with E-state index in [1.54, 1.807) is 14.2 Å². The lowest BCUT2D eigenvalue weighted by molar-refractivity contribution is 0.143. The minimum atomic E-state index is 0. The number of benzene rings is 1. The average Bonchev–Trinajstić information content (AvgIpc) is 3.09. The van der Waals surface area contributed by atoms with Crippen molar-refractivity contribution in [2.45, 2.75) is 38.4 Å². The number of hydrogen-bond acceptors (Lipinski definition) is 6. The van der Waals surface area contributed by atoms with Crippen LogP contribution in [0.1, 0.15) is 24.3 Å². The van der Waals surface area contributed by atoms with E-state index in [0.717, 1.165) is 36.7 Å². The van der Waals surface area contributed by atoms with Crippen LogP contribution in [-0.2, 0) is 6.54 Å². The number of ether oxygens (including phenoxy) is 2. The third kappa shape index (κ3) is 3.41. The van der Waals surface area contributed by atoms with Crippen LogP contribution in [0.25, 0.3) is 11.5 Å². The molecule has 7 heteroatoms. The fourth-order valence-electron chi connectivity index (χ4n) is 3.97. The first-order chi connectivity index (χ1) is 12.2. The van der Waals surface area contributed by atoms with E-state index in [1.807, 2.05) is 25.1 Å². The summed E-state index contributed by atoms with van der Waals surface area (Å²) < 4.78 is 16.6. The minimum Gasteiger partial charge on any atom is -0.493 e. The molecule has 2 fully saturated rings. The van der Waals surface area contributed by atoms with Gasteiger partial charge in [-0.3, -0.25) is 4.90 Å². The molecule has 2 aliphatic rings. The standard InChI is InChI=1S/C19H25N3O3.ClH/c1-12-16(11-22-14-5-6-15(22)10-20-9-14)21-19(25-12)13-4-7-17(23-2)18(8-13)24-3;/h4,7-8,14-15,20H,5-6,9-11H2,1-3H3;1H/t14-,15+;. The van der Waals surface area contributed by atoms with Crippen molar-refractivity contribution in [3.63, 3.8) is 0 Å². The zero-order chi connectivity index (χ0) is 17.4. The van der Waals surface area contributed by atoms with Crippen LogP contribution in [-0.4, -0.2) is 49.3 Å². The lowest BCUT2D eigenvalue weighted by Gasteiger charge is -2.34. The van der Waals surface area contributed by atoms with Crippen molar-refractivity contribution >= 4 is 12.4 Å². The molecule has 6 nitrogen and oxygen atoms in total. The Hall–Kier alpha value is -1.76. The minimum absolute atomic E-state index is 0. The Morgan fingerprint density at radius 1 is 1.15 bits per heavy atom. The number of piperazine rings is 1. The predicted molar refractivity (Wildman–Crippen MR) is 102 cm³/mol. The van der Waals surface area contributed by atoms with Crippen LogP contribution in [0, 0.1) is 6.92 Å². The number of aryl methyl sites for hydroxylation is 1. The molecule has 0 aliphatic carbocycles. The molecule has 1 aromatic carbocycles. The van der Waals surface area contributed by atoms with Gasteiger partial charge in [0.2, 0.25) is 5.89 Å².